The second-order valence-corrected chi connectivity index (χ2v) is 9.55. The molecule has 1 rings (SSSR count). The van der Waals surface area contributed by atoms with E-state index in [1.54, 1.807) is 0 Å². The number of aliphatic carboxylic acids is 1. The predicted molar refractivity (Wildman–Crippen MR) is 139 cm³/mol. The van der Waals surface area contributed by atoms with E-state index in [1.807, 2.05) is 18.3 Å². The van der Waals surface area contributed by atoms with Crippen molar-refractivity contribution in [3.8, 4) is 0 Å². The van der Waals surface area contributed by atoms with E-state index in [1.165, 1.54) is 63.9 Å². The van der Waals surface area contributed by atoms with Crippen molar-refractivity contribution in [2.75, 3.05) is 11.9 Å². The number of guanidine groups is 1. The first kappa shape index (κ1) is 28.6. The van der Waals surface area contributed by atoms with Crippen molar-refractivity contribution >= 4 is 17.7 Å². The van der Waals surface area contributed by atoms with Crippen molar-refractivity contribution in [3.05, 3.63) is 30.0 Å². The molecule has 0 spiro atoms. The Balaban J connectivity index is 2.86. The van der Waals surface area contributed by atoms with Crippen LogP contribution >= 0.6 is 0 Å². The Morgan fingerprint density at radius 2 is 1.79 bits per heavy atom. The third-order valence-corrected chi connectivity index (χ3v) is 6.11. The van der Waals surface area contributed by atoms with Gasteiger partial charge in [-0.25, -0.2) is 9.79 Å². The number of nitrogens with zero attached hydrogens (tertiary/aromatic N) is 1. The van der Waals surface area contributed by atoms with Gasteiger partial charge in [0.1, 0.15) is 5.82 Å². The zero-order chi connectivity index (χ0) is 24.5. The van der Waals surface area contributed by atoms with E-state index < -0.39 is 5.97 Å². The molecular weight excluding hydrogens is 414 g/mol. The first-order valence-corrected chi connectivity index (χ1v) is 12.7. The third-order valence-electron chi connectivity index (χ3n) is 6.11. The lowest BCUT2D eigenvalue weighted by atomic mass is 9.87. The molecule has 0 aromatic carbocycles. The number of unbranched alkanes of at least 4 members (excludes halogenated alkanes) is 5. The summed E-state index contributed by atoms with van der Waals surface area (Å²) < 4.78 is 0. The minimum absolute atomic E-state index is 0.0391. The monoisotopic (exact) mass is 461 g/mol. The molecule has 1 aromatic rings. The molecule has 0 saturated heterocycles. The van der Waals surface area contributed by atoms with E-state index in [4.69, 9.17) is 11.5 Å². The molecule has 0 saturated carbocycles. The van der Waals surface area contributed by atoms with E-state index in [9.17, 15) is 9.90 Å². The van der Waals surface area contributed by atoms with E-state index in [0.29, 0.717) is 17.4 Å². The van der Waals surface area contributed by atoms with Gasteiger partial charge in [0.15, 0.2) is 5.96 Å². The Kier molecular flexibility index (Phi) is 14.8. The smallest absolute Gasteiger partial charge is 0.328 e. The molecule has 0 amide bonds. The van der Waals surface area contributed by atoms with Gasteiger partial charge in [0.25, 0.3) is 0 Å². The Morgan fingerprint density at radius 1 is 1.09 bits per heavy atom. The molecule has 0 aliphatic rings. The van der Waals surface area contributed by atoms with Crippen LogP contribution in [0.2, 0.25) is 0 Å². The summed E-state index contributed by atoms with van der Waals surface area (Å²) in [5, 5.41) is 12.9. The highest BCUT2D eigenvalue weighted by Crippen LogP contribution is 2.27. The molecule has 7 heteroatoms. The standard InChI is InChI=1S/C26H47N5O2/c1-4-5-6-7-8-9-11-21(14-13-20(2)3)15-16-23(31-24-12-10-17-29-24)22(18-25(32)33)19-30-26(27)28/h10,12,17-18,20-21,23,29,31H,4-9,11,13-16,19H2,1-3H3,(H,32,33)(H4,27,28,30)/b22-18+/t21-,23-/m1/s1. The molecule has 1 aromatic heterocycles. The molecule has 1 heterocycles. The van der Waals surface area contributed by atoms with E-state index in [0.717, 1.165) is 18.7 Å². The van der Waals surface area contributed by atoms with E-state index in [2.05, 4.69) is 36.1 Å². The molecule has 7 nitrogen and oxygen atoms in total. The molecule has 0 aliphatic carbocycles. The van der Waals surface area contributed by atoms with Gasteiger partial charge in [-0.15, -0.1) is 0 Å². The average molecular weight is 462 g/mol. The van der Waals surface area contributed by atoms with Crippen molar-refractivity contribution in [2.24, 2.45) is 28.3 Å². The number of aromatic amines is 1. The highest BCUT2D eigenvalue weighted by molar-refractivity contribution is 5.81. The zero-order valence-corrected chi connectivity index (χ0v) is 21.0. The highest BCUT2D eigenvalue weighted by Gasteiger charge is 2.19. The molecular formula is C26H47N5O2. The van der Waals surface area contributed by atoms with Gasteiger partial charge < -0.3 is 26.9 Å². The number of aliphatic imine (C=N–C) groups is 1. The summed E-state index contributed by atoms with van der Waals surface area (Å²) in [6.07, 6.45) is 16.5. The second-order valence-electron chi connectivity index (χ2n) is 9.55. The number of hydrogen-bond acceptors (Lipinski definition) is 3. The van der Waals surface area contributed by atoms with Crippen LogP contribution in [0.1, 0.15) is 91.4 Å². The van der Waals surface area contributed by atoms with Crippen LogP contribution in [0.4, 0.5) is 5.82 Å². The number of carbonyl (C=O) groups is 1. The number of H-pyrrole nitrogens is 1. The lowest BCUT2D eigenvalue weighted by molar-refractivity contribution is -0.131. The number of carboxylic acids is 1. The number of nitrogens with two attached hydrogens (primary N) is 2. The summed E-state index contributed by atoms with van der Waals surface area (Å²) in [6, 6.07) is 3.70. The van der Waals surface area contributed by atoms with Gasteiger partial charge in [-0.2, -0.15) is 0 Å². The summed E-state index contributed by atoms with van der Waals surface area (Å²) in [5.41, 5.74) is 11.7. The summed E-state index contributed by atoms with van der Waals surface area (Å²) in [4.78, 5) is 18.7. The SMILES string of the molecule is CCCCCCCC[C@H](CCC(C)C)CC[C@@H](Nc1ccc[nH]1)/C(=C/C(=O)O)CN=C(N)N. The molecule has 0 radical (unpaired) electrons. The number of carboxylic acid groups (broad SMARTS) is 1. The summed E-state index contributed by atoms with van der Waals surface area (Å²) in [5.74, 6) is 1.16. The Labute approximate surface area is 200 Å². The highest BCUT2D eigenvalue weighted by atomic mass is 16.4. The summed E-state index contributed by atoms with van der Waals surface area (Å²) in [7, 11) is 0. The van der Waals surface area contributed by atoms with Gasteiger partial charge in [-0.3, -0.25) is 0 Å². The third kappa shape index (κ3) is 14.3. The van der Waals surface area contributed by atoms with Crippen LogP contribution < -0.4 is 16.8 Å². The maximum Gasteiger partial charge on any atom is 0.328 e. The topological polar surface area (TPSA) is 130 Å². The van der Waals surface area contributed by atoms with Crippen LogP contribution in [0.15, 0.2) is 35.0 Å². The van der Waals surface area contributed by atoms with Crippen LogP contribution in [0, 0.1) is 11.8 Å². The fraction of sp³-hybridized carbons (Fsp3) is 0.692. The maximum atomic E-state index is 11.5. The van der Waals surface area contributed by atoms with Gasteiger partial charge in [0.05, 0.1) is 12.6 Å². The predicted octanol–water partition coefficient (Wildman–Crippen LogP) is 5.66. The average Bonchev–Trinajstić information content (AvgIpc) is 3.26. The summed E-state index contributed by atoms with van der Waals surface area (Å²) >= 11 is 0. The van der Waals surface area contributed by atoms with Crippen LogP contribution in [-0.4, -0.2) is 34.6 Å². The van der Waals surface area contributed by atoms with E-state index in [-0.39, 0.29) is 18.5 Å². The molecule has 0 unspecified atom stereocenters. The van der Waals surface area contributed by atoms with Crippen LogP contribution in [0.5, 0.6) is 0 Å². The lowest BCUT2D eigenvalue weighted by Gasteiger charge is -2.25. The van der Waals surface area contributed by atoms with Crippen LogP contribution in [0.3, 0.4) is 0 Å². The molecule has 7 N–H and O–H groups in total. The number of hydrogen-bond donors (Lipinski definition) is 5. The lowest BCUT2D eigenvalue weighted by Crippen LogP contribution is -2.28. The van der Waals surface area contributed by atoms with Crippen molar-refractivity contribution < 1.29 is 9.90 Å². The van der Waals surface area contributed by atoms with Crippen molar-refractivity contribution in [1.82, 2.24) is 4.98 Å². The molecule has 0 bridgehead atoms. The quantitative estimate of drug-likeness (QED) is 0.0785. The minimum Gasteiger partial charge on any atom is -0.478 e. The fourth-order valence-corrected chi connectivity index (χ4v) is 4.17. The van der Waals surface area contributed by atoms with Crippen LogP contribution in [0.25, 0.3) is 0 Å². The van der Waals surface area contributed by atoms with Crippen molar-refractivity contribution in [3.63, 3.8) is 0 Å². The Hall–Kier alpha value is -2.44. The number of rotatable bonds is 19. The van der Waals surface area contributed by atoms with Gasteiger partial charge in [0.2, 0.25) is 0 Å². The van der Waals surface area contributed by atoms with Crippen LogP contribution in [-0.2, 0) is 4.79 Å². The molecule has 0 fully saturated rings. The number of anilines is 1. The van der Waals surface area contributed by atoms with Gasteiger partial charge in [0, 0.05) is 12.3 Å². The molecule has 2 atom stereocenters. The largest absolute Gasteiger partial charge is 0.478 e. The number of aromatic nitrogens is 1. The van der Waals surface area contributed by atoms with Gasteiger partial charge in [-0.1, -0.05) is 78.6 Å². The van der Waals surface area contributed by atoms with Gasteiger partial charge in [-0.05, 0) is 42.4 Å². The first-order valence-electron chi connectivity index (χ1n) is 12.7. The van der Waals surface area contributed by atoms with Crippen molar-refractivity contribution in [1.29, 1.82) is 0 Å². The first-order chi connectivity index (χ1) is 15.8. The van der Waals surface area contributed by atoms with E-state index >= 15 is 0 Å². The Bertz CT molecular complexity index is 694. The fourth-order valence-electron chi connectivity index (χ4n) is 4.17. The van der Waals surface area contributed by atoms with Gasteiger partial charge >= 0.3 is 5.97 Å². The zero-order valence-electron chi connectivity index (χ0n) is 21.0. The minimum atomic E-state index is -0.988. The normalized spacial score (nSPS) is 13.6. The van der Waals surface area contributed by atoms with Crippen molar-refractivity contribution in [2.45, 2.75) is 97.4 Å². The Morgan fingerprint density at radius 3 is 2.39 bits per heavy atom. The molecule has 188 valence electrons. The summed E-state index contributed by atoms with van der Waals surface area (Å²) in [6.45, 7) is 6.97. The maximum absolute atomic E-state index is 11.5. The molecule has 33 heavy (non-hydrogen) atoms. The molecule has 0 aliphatic heterocycles. The second kappa shape index (κ2) is 17.1. The number of nitrogens with one attached hydrogen (secondary N) is 2.